The highest BCUT2D eigenvalue weighted by molar-refractivity contribution is 6.22. The monoisotopic (exact) mass is 768 g/mol. The Morgan fingerprint density at radius 1 is 0.554 bits per heavy atom. The summed E-state index contributed by atoms with van der Waals surface area (Å²) in [5.74, 6) is -1.62. The van der Waals surface area contributed by atoms with E-state index in [0.29, 0.717) is 47.3 Å². The minimum Gasteiger partial charge on any atom is -0.493 e. The predicted octanol–water partition coefficient (Wildman–Crippen LogP) is 4.65. The van der Waals surface area contributed by atoms with Gasteiger partial charge in [0.1, 0.15) is 0 Å². The third kappa shape index (κ3) is 8.15. The molecule has 2 aliphatic rings. The van der Waals surface area contributed by atoms with Gasteiger partial charge in [-0.1, -0.05) is 36.4 Å². The second-order valence-electron chi connectivity index (χ2n) is 12.2. The number of nitrogens with zero attached hydrogens (tertiary/aromatic N) is 2. The van der Waals surface area contributed by atoms with Crippen molar-refractivity contribution in [2.75, 3.05) is 27.4 Å². The van der Waals surface area contributed by atoms with Crippen molar-refractivity contribution < 1.29 is 58.1 Å². The van der Waals surface area contributed by atoms with Gasteiger partial charge in [0.05, 0.1) is 74.6 Å². The Bertz CT molecular complexity index is 1930. The fourth-order valence-electron chi connectivity index (χ4n) is 6.48. The van der Waals surface area contributed by atoms with Crippen molar-refractivity contribution in [3.05, 3.63) is 118 Å². The average Bonchev–Trinajstić information content (AvgIpc) is 3.62. The van der Waals surface area contributed by atoms with E-state index in [2.05, 4.69) is 0 Å². The topological polar surface area (TPSA) is 210 Å². The number of methoxy groups -OCH3 is 2. The molecule has 2 aliphatic heterocycles. The number of hydroxylamine groups is 2. The molecular formula is C40H40N4O12. The van der Waals surface area contributed by atoms with Gasteiger partial charge < -0.3 is 18.9 Å². The van der Waals surface area contributed by atoms with Crippen LogP contribution in [0.15, 0.2) is 84.9 Å². The summed E-state index contributed by atoms with van der Waals surface area (Å²) in [6.45, 7) is 4.39. The molecule has 6 amide bonds. The zero-order valence-corrected chi connectivity index (χ0v) is 30.9. The average molecular weight is 769 g/mol. The van der Waals surface area contributed by atoms with E-state index in [4.69, 9.17) is 29.4 Å². The van der Waals surface area contributed by atoms with E-state index < -0.39 is 47.5 Å². The van der Waals surface area contributed by atoms with Gasteiger partial charge in [-0.05, 0) is 73.5 Å². The third-order valence-corrected chi connectivity index (χ3v) is 9.03. The van der Waals surface area contributed by atoms with Gasteiger partial charge in [-0.2, -0.15) is 0 Å². The lowest BCUT2D eigenvalue weighted by Gasteiger charge is -2.26. The molecule has 0 bridgehead atoms. The maximum atomic E-state index is 12.9. The third-order valence-electron chi connectivity index (χ3n) is 9.03. The van der Waals surface area contributed by atoms with Crippen LogP contribution in [0.25, 0.3) is 0 Å². The first-order chi connectivity index (χ1) is 27.0. The fraction of sp³-hybridized carbons (Fsp3) is 0.250. The van der Waals surface area contributed by atoms with Crippen molar-refractivity contribution in [3.8, 4) is 23.0 Å². The number of imide groups is 2. The number of carbonyl (C=O) groups is 6. The molecule has 2 unspecified atom stereocenters. The summed E-state index contributed by atoms with van der Waals surface area (Å²) in [6.07, 6.45) is -0.611. The molecule has 4 aromatic rings. The van der Waals surface area contributed by atoms with Gasteiger partial charge in [0.2, 0.25) is 11.8 Å². The highest BCUT2D eigenvalue weighted by Crippen LogP contribution is 2.39. The highest BCUT2D eigenvalue weighted by atomic mass is 16.5. The first-order valence-corrected chi connectivity index (χ1v) is 17.4. The molecule has 0 fully saturated rings. The minimum absolute atomic E-state index is 0.278. The van der Waals surface area contributed by atoms with Crippen molar-refractivity contribution in [2.45, 2.75) is 38.8 Å². The summed E-state index contributed by atoms with van der Waals surface area (Å²) in [7, 11) is 3.00. The molecule has 4 aromatic carbocycles. The van der Waals surface area contributed by atoms with Gasteiger partial charge in [-0.3, -0.25) is 49.0 Å². The maximum Gasteiger partial charge on any atom is 0.262 e. The second-order valence-corrected chi connectivity index (χ2v) is 12.2. The van der Waals surface area contributed by atoms with Gasteiger partial charge in [0, 0.05) is 0 Å². The van der Waals surface area contributed by atoms with Gasteiger partial charge in [-0.25, -0.2) is 11.0 Å². The number of carbonyl (C=O) groups excluding carboxylic acids is 6. The largest absolute Gasteiger partial charge is 0.493 e. The first-order valence-electron chi connectivity index (χ1n) is 17.4. The summed E-state index contributed by atoms with van der Waals surface area (Å²) in [4.78, 5) is 77.4. The molecule has 0 saturated carbocycles. The van der Waals surface area contributed by atoms with E-state index in [-0.39, 0.29) is 35.1 Å². The SMILES string of the molecule is CCOc1cc(C(CC(=O)NO)N2C(=O)c3ccccc3C2=O)ccc1OC.CCOc1cc(C(CC(=O)NO)N2C(=O)c3ccccc3C2=O)ccc1OC. The molecule has 56 heavy (non-hydrogen) atoms. The smallest absolute Gasteiger partial charge is 0.262 e. The number of amides is 6. The Morgan fingerprint density at radius 2 is 0.875 bits per heavy atom. The van der Waals surface area contributed by atoms with Crippen molar-refractivity contribution in [2.24, 2.45) is 0 Å². The Labute approximate surface area is 321 Å². The van der Waals surface area contributed by atoms with Gasteiger partial charge in [-0.15, -0.1) is 0 Å². The molecule has 0 radical (unpaired) electrons. The number of benzene rings is 4. The minimum atomic E-state index is -0.926. The van der Waals surface area contributed by atoms with Crippen LogP contribution < -0.4 is 29.9 Å². The normalized spacial score (nSPS) is 13.9. The van der Waals surface area contributed by atoms with Crippen LogP contribution in [0.2, 0.25) is 0 Å². The fourth-order valence-corrected chi connectivity index (χ4v) is 6.48. The molecular weight excluding hydrogens is 728 g/mol. The molecule has 292 valence electrons. The van der Waals surface area contributed by atoms with Crippen LogP contribution in [-0.2, 0) is 9.59 Å². The Kier molecular flexibility index (Phi) is 13.0. The predicted molar refractivity (Wildman–Crippen MR) is 197 cm³/mol. The number of rotatable bonds is 14. The van der Waals surface area contributed by atoms with E-state index in [0.717, 1.165) is 9.80 Å². The van der Waals surface area contributed by atoms with Crippen molar-refractivity contribution >= 4 is 35.4 Å². The number of ether oxygens (including phenoxy) is 4. The molecule has 0 aliphatic carbocycles. The zero-order valence-electron chi connectivity index (χ0n) is 30.9. The van der Waals surface area contributed by atoms with Crippen LogP contribution in [0.5, 0.6) is 23.0 Å². The Morgan fingerprint density at radius 3 is 1.14 bits per heavy atom. The molecule has 6 rings (SSSR count). The van der Waals surface area contributed by atoms with Crippen molar-refractivity contribution in [3.63, 3.8) is 0 Å². The van der Waals surface area contributed by atoms with Crippen LogP contribution in [-0.4, -0.2) is 83.1 Å². The van der Waals surface area contributed by atoms with Crippen LogP contribution in [0.1, 0.15) is 91.3 Å². The Balaban J connectivity index is 0.000000214. The van der Waals surface area contributed by atoms with Gasteiger partial charge in [0.25, 0.3) is 23.6 Å². The van der Waals surface area contributed by atoms with E-state index in [1.165, 1.54) is 14.2 Å². The van der Waals surface area contributed by atoms with Crippen LogP contribution in [0, 0.1) is 0 Å². The lowest BCUT2D eigenvalue weighted by molar-refractivity contribution is -0.130. The number of hydrogen-bond acceptors (Lipinski definition) is 12. The lowest BCUT2D eigenvalue weighted by Crippen LogP contribution is -2.37. The molecule has 2 atom stereocenters. The van der Waals surface area contributed by atoms with Crippen molar-refractivity contribution in [1.82, 2.24) is 20.8 Å². The van der Waals surface area contributed by atoms with Gasteiger partial charge >= 0.3 is 0 Å². The number of nitrogens with one attached hydrogen (secondary N) is 2. The van der Waals surface area contributed by atoms with Crippen LogP contribution >= 0.6 is 0 Å². The molecule has 0 aromatic heterocycles. The summed E-state index contributed by atoms with van der Waals surface area (Å²) in [6, 6.07) is 20.9. The van der Waals surface area contributed by atoms with E-state index >= 15 is 0 Å². The molecule has 4 N–H and O–H groups in total. The summed E-state index contributed by atoms with van der Waals surface area (Å²) >= 11 is 0. The number of fused-ring (bicyclic) bond motifs is 2. The maximum absolute atomic E-state index is 12.9. The molecule has 0 saturated heterocycles. The lowest BCUT2D eigenvalue weighted by atomic mass is 10.0. The summed E-state index contributed by atoms with van der Waals surface area (Å²) in [5, 5.41) is 17.9. The van der Waals surface area contributed by atoms with E-state index in [1.807, 2.05) is 13.8 Å². The van der Waals surface area contributed by atoms with Crippen LogP contribution in [0.4, 0.5) is 0 Å². The molecule has 16 heteroatoms. The molecule has 2 heterocycles. The first kappa shape index (κ1) is 40.4. The summed E-state index contributed by atoms with van der Waals surface area (Å²) in [5.41, 5.74) is 5.23. The van der Waals surface area contributed by atoms with E-state index in [9.17, 15) is 28.8 Å². The highest BCUT2D eigenvalue weighted by Gasteiger charge is 2.42. The standard InChI is InChI=1S/2C20H20N2O6/c2*1-3-28-17-10-12(8-9-16(17)27-2)15(11-18(23)21-26)22-19(24)13-6-4-5-7-14(13)20(22)25/h2*4-10,15,26H,3,11H2,1-2H3,(H,21,23). The quantitative estimate of drug-likeness (QED) is 0.0785. The van der Waals surface area contributed by atoms with E-state index in [1.54, 1.807) is 95.9 Å². The van der Waals surface area contributed by atoms with Crippen molar-refractivity contribution in [1.29, 1.82) is 0 Å². The molecule has 16 nitrogen and oxygen atoms in total. The van der Waals surface area contributed by atoms with Gasteiger partial charge in [0.15, 0.2) is 23.0 Å². The number of hydrogen-bond donors (Lipinski definition) is 4. The molecule has 0 spiro atoms. The Hall–Kier alpha value is -6.78. The zero-order chi connectivity index (χ0) is 40.5. The second kappa shape index (κ2) is 18.0. The summed E-state index contributed by atoms with van der Waals surface area (Å²) < 4.78 is 21.7. The van der Waals surface area contributed by atoms with Crippen LogP contribution in [0.3, 0.4) is 0 Å².